The monoisotopic (exact) mass is 667 g/mol. The van der Waals surface area contributed by atoms with Crippen LogP contribution >= 0.6 is 11.3 Å². The average molecular weight is 668 g/mol. The van der Waals surface area contributed by atoms with Crippen LogP contribution in [-0.2, 0) is 17.9 Å². The number of hydrogen-bond donors (Lipinski definition) is 3. The molecule has 0 aliphatic heterocycles. The first kappa shape index (κ1) is 32.5. The number of rotatable bonds is 10. The Balaban J connectivity index is 1.58. The van der Waals surface area contributed by atoms with Gasteiger partial charge in [-0.05, 0) is 60.0 Å². The van der Waals surface area contributed by atoms with Crippen LogP contribution in [0.25, 0.3) is 26.3 Å². The third-order valence-corrected chi connectivity index (χ3v) is 9.25. The standard InChI is InChI=1S/C36H31F2N5O4S/c1-22(23-10-5-3-6-11-23)39-20-27-31-33(44)43(26-12-7-4-8-13-26)36(46)42(21-28-29(37)14-9-15-30(28)38)34(31)48-32(27)24-16-18-25(19-17-24)40-35(45)41-47-2/h3-19,22,39H,20-21H2,1-2H3,(H2,40,41,45). The molecular weight excluding hydrogens is 636 g/mol. The van der Waals surface area contributed by atoms with Gasteiger partial charge in [-0.2, -0.15) is 0 Å². The van der Waals surface area contributed by atoms with Crippen LogP contribution in [0.15, 0.2) is 113 Å². The van der Waals surface area contributed by atoms with Crippen molar-refractivity contribution in [3.8, 4) is 16.1 Å². The molecule has 244 valence electrons. The summed E-state index contributed by atoms with van der Waals surface area (Å²) in [6, 6.07) is 28.1. The number of nitrogens with zero attached hydrogens (tertiary/aromatic N) is 2. The van der Waals surface area contributed by atoms with Gasteiger partial charge in [-0.1, -0.05) is 66.7 Å². The Hall–Kier alpha value is -5.43. The van der Waals surface area contributed by atoms with Crippen molar-refractivity contribution < 1.29 is 18.4 Å². The second kappa shape index (κ2) is 14.1. The summed E-state index contributed by atoms with van der Waals surface area (Å²) < 4.78 is 32.3. The second-order valence-corrected chi connectivity index (χ2v) is 12.0. The molecule has 2 amide bonds. The van der Waals surface area contributed by atoms with E-state index in [1.165, 1.54) is 29.1 Å². The quantitative estimate of drug-likeness (QED) is 0.140. The average Bonchev–Trinajstić information content (AvgIpc) is 3.47. The van der Waals surface area contributed by atoms with Crippen LogP contribution in [-0.4, -0.2) is 22.3 Å². The van der Waals surface area contributed by atoms with Crippen LogP contribution in [0.5, 0.6) is 0 Å². The van der Waals surface area contributed by atoms with Crippen LogP contribution < -0.4 is 27.4 Å². The maximum Gasteiger partial charge on any atom is 0.343 e. The number of hydrogen-bond acceptors (Lipinski definition) is 6. The SMILES string of the molecule is CONC(=O)Nc1ccc(-c2sc3c(c2CNC(C)c2ccccc2)c(=O)n(-c2ccccc2)c(=O)n3Cc2c(F)cccc2F)cc1. The number of carbonyl (C=O) groups is 1. The van der Waals surface area contributed by atoms with Crippen molar-refractivity contribution in [3.63, 3.8) is 0 Å². The Morgan fingerprint density at radius 2 is 1.50 bits per heavy atom. The number of amides is 2. The first-order valence-electron chi connectivity index (χ1n) is 15.0. The van der Waals surface area contributed by atoms with E-state index in [9.17, 15) is 23.2 Å². The maximum atomic E-state index is 15.0. The number of halogens is 2. The minimum Gasteiger partial charge on any atom is -0.306 e. The van der Waals surface area contributed by atoms with E-state index in [1.54, 1.807) is 54.6 Å². The van der Waals surface area contributed by atoms with Gasteiger partial charge in [-0.15, -0.1) is 11.3 Å². The Labute approximate surface area is 278 Å². The van der Waals surface area contributed by atoms with Gasteiger partial charge in [0.15, 0.2) is 0 Å². The number of benzene rings is 4. The molecule has 0 aliphatic carbocycles. The minimum atomic E-state index is -0.802. The van der Waals surface area contributed by atoms with Gasteiger partial charge >= 0.3 is 11.7 Å². The lowest BCUT2D eigenvalue weighted by Gasteiger charge is -2.16. The summed E-state index contributed by atoms with van der Waals surface area (Å²) in [5.74, 6) is -1.60. The zero-order valence-electron chi connectivity index (χ0n) is 26.0. The smallest absolute Gasteiger partial charge is 0.306 e. The highest BCUT2D eigenvalue weighted by atomic mass is 32.1. The number of fused-ring (bicyclic) bond motifs is 1. The van der Waals surface area contributed by atoms with Crippen LogP contribution in [0.3, 0.4) is 0 Å². The van der Waals surface area contributed by atoms with E-state index in [-0.39, 0.29) is 28.4 Å². The second-order valence-electron chi connectivity index (χ2n) is 11.0. The molecule has 0 radical (unpaired) electrons. The third kappa shape index (κ3) is 6.54. The summed E-state index contributed by atoms with van der Waals surface area (Å²) in [6.45, 7) is 1.80. The number of aromatic nitrogens is 2. The fraction of sp³-hybridized carbons (Fsp3) is 0.139. The van der Waals surface area contributed by atoms with Crippen molar-refractivity contribution in [2.75, 3.05) is 12.4 Å². The van der Waals surface area contributed by atoms with Crippen molar-refractivity contribution in [1.29, 1.82) is 0 Å². The zero-order chi connectivity index (χ0) is 33.8. The number of urea groups is 1. The molecule has 6 aromatic rings. The maximum absolute atomic E-state index is 15.0. The van der Waals surface area contributed by atoms with Crippen molar-refractivity contribution >= 4 is 33.3 Å². The van der Waals surface area contributed by atoms with E-state index in [1.807, 2.05) is 37.3 Å². The van der Waals surface area contributed by atoms with E-state index >= 15 is 0 Å². The van der Waals surface area contributed by atoms with Crippen LogP contribution in [0.4, 0.5) is 19.3 Å². The van der Waals surface area contributed by atoms with Crippen molar-refractivity contribution in [1.82, 2.24) is 19.9 Å². The molecule has 4 aromatic carbocycles. The molecule has 0 saturated heterocycles. The molecule has 12 heteroatoms. The van der Waals surface area contributed by atoms with E-state index in [0.717, 1.165) is 22.3 Å². The summed E-state index contributed by atoms with van der Waals surface area (Å²) in [5, 5.41) is 6.43. The van der Waals surface area contributed by atoms with E-state index in [4.69, 9.17) is 0 Å². The molecule has 3 N–H and O–H groups in total. The van der Waals surface area contributed by atoms with Crippen LogP contribution in [0.2, 0.25) is 0 Å². The molecule has 0 spiro atoms. The Bertz CT molecular complexity index is 2180. The highest BCUT2D eigenvalue weighted by Crippen LogP contribution is 2.38. The molecule has 6 rings (SSSR count). The highest BCUT2D eigenvalue weighted by Gasteiger charge is 2.25. The largest absolute Gasteiger partial charge is 0.343 e. The van der Waals surface area contributed by atoms with Gasteiger partial charge in [0.05, 0.1) is 24.7 Å². The predicted molar refractivity (Wildman–Crippen MR) is 183 cm³/mol. The third-order valence-electron chi connectivity index (χ3n) is 7.95. The Morgan fingerprint density at radius 3 is 2.15 bits per heavy atom. The van der Waals surface area contributed by atoms with Gasteiger partial charge in [0.1, 0.15) is 16.5 Å². The number of nitrogens with one attached hydrogen (secondary N) is 3. The minimum absolute atomic E-state index is 0.102. The van der Waals surface area contributed by atoms with Gasteiger partial charge in [0.2, 0.25) is 0 Å². The molecule has 1 unspecified atom stereocenters. The molecular formula is C36H31F2N5O4S. The molecule has 0 saturated carbocycles. The van der Waals surface area contributed by atoms with E-state index in [0.29, 0.717) is 27.4 Å². The highest BCUT2D eigenvalue weighted by molar-refractivity contribution is 7.22. The summed E-state index contributed by atoms with van der Waals surface area (Å²) in [5.41, 5.74) is 3.80. The normalized spacial score (nSPS) is 11.8. The number of hydroxylamine groups is 1. The lowest BCUT2D eigenvalue weighted by atomic mass is 10.0. The summed E-state index contributed by atoms with van der Waals surface area (Å²) >= 11 is 1.19. The molecule has 1 atom stereocenters. The first-order valence-corrected chi connectivity index (χ1v) is 15.9. The Morgan fingerprint density at radius 1 is 0.854 bits per heavy atom. The molecule has 0 bridgehead atoms. The van der Waals surface area contributed by atoms with Gasteiger partial charge in [-0.25, -0.2) is 28.4 Å². The number of thiophene rings is 1. The van der Waals surface area contributed by atoms with Crippen molar-refractivity contribution in [2.45, 2.75) is 26.1 Å². The number of anilines is 1. The molecule has 2 heterocycles. The molecule has 9 nitrogen and oxygen atoms in total. The molecule has 48 heavy (non-hydrogen) atoms. The number of para-hydroxylation sites is 1. The summed E-state index contributed by atoms with van der Waals surface area (Å²) in [7, 11) is 1.32. The first-order chi connectivity index (χ1) is 23.3. The Kier molecular flexibility index (Phi) is 9.57. The van der Waals surface area contributed by atoms with E-state index in [2.05, 4.69) is 21.0 Å². The number of carbonyl (C=O) groups excluding carboxylic acids is 1. The fourth-order valence-electron chi connectivity index (χ4n) is 5.53. The fourth-order valence-corrected chi connectivity index (χ4v) is 6.84. The van der Waals surface area contributed by atoms with Crippen molar-refractivity contribution in [2.24, 2.45) is 0 Å². The van der Waals surface area contributed by atoms with Crippen molar-refractivity contribution in [3.05, 3.63) is 152 Å². The predicted octanol–water partition coefficient (Wildman–Crippen LogP) is 6.74. The summed E-state index contributed by atoms with van der Waals surface area (Å²) in [4.78, 5) is 46.2. The molecule has 2 aromatic heterocycles. The van der Waals surface area contributed by atoms with Gasteiger partial charge < -0.3 is 10.6 Å². The molecule has 0 aliphatic rings. The lowest BCUT2D eigenvalue weighted by Crippen LogP contribution is -2.39. The van der Waals surface area contributed by atoms with Gasteiger partial charge in [0.25, 0.3) is 5.56 Å². The van der Waals surface area contributed by atoms with Gasteiger partial charge in [0, 0.05) is 28.7 Å². The van der Waals surface area contributed by atoms with Gasteiger partial charge in [-0.3, -0.25) is 14.2 Å². The topological polar surface area (TPSA) is 106 Å². The molecule has 0 fully saturated rings. The lowest BCUT2D eigenvalue weighted by molar-refractivity contribution is 0.114. The van der Waals surface area contributed by atoms with E-state index < -0.39 is 35.5 Å². The van der Waals surface area contributed by atoms with Crippen LogP contribution in [0.1, 0.15) is 29.7 Å². The zero-order valence-corrected chi connectivity index (χ0v) is 26.8. The van der Waals surface area contributed by atoms with Crippen LogP contribution in [0, 0.1) is 11.6 Å². The summed E-state index contributed by atoms with van der Waals surface area (Å²) in [6.07, 6.45) is 0.